The van der Waals surface area contributed by atoms with Crippen molar-refractivity contribution in [1.29, 1.82) is 0 Å². The maximum Gasteiger partial charge on any atom is 0.251 e. The van der Waals surface area contributed by atoms with Gasteiger partial charge in [0.05, 0.1) is 19.8 Å². The second-order valence-corrected chi connectivity index (χ2v) is 6.08. The molecular formula is C17H23FN2O3. The Bertz CT molecular complexity index is 526. The molecule has 2 saturated heterocycles. The summed E-state index contributed by atoms with van der Waals surface area (Å²) >= 11 is 0. The number of benzene rings is 1. The van der Waals surface area contributed by atoms with Crippen LogP contribution >= 0.6 is 0 Å². The summed E-state index contributed by atoms with van der Waals surface area (Å²) in [6.07, 6.45) is 1.25. The van der Waals surface area contributed by atoms with E-state index < -0.39 is 6.10 Å². The van der Waals surface area contributed by atoms with Gasteiger partial charge in [-0.15, -0.1) is 0 Å². The van der Waals surface area contributed by atoms with Gasteiger partial charge in [0, 0.05) is 31.2 Å². The summed E-state index contributed by atoms with van der Waals surface area (Å²) in [4.78, 5) is 14.3. The molecule has 23 heavy (non-hydrogen) atoms. The molecule has 5 nitrogen and oxygen atoms in total. The van der Waals surface area contributed by atoms with Crippen LogP contribution in [0, 0.1) is 5.82 Å². The van der Waals surface area contributed by atoms with Crippen LogP contribution in [0.5, 0.6) is 0 Å². The molecule has 126 valence electrons. The summed E-state index contributed by atoms with van der Waals surface area (Å²) in [5, 5.41) is 3.04. The third-order valence-corrected chi connectivity index (χ3v) is 4.39. The summed E-state index contributed by atoms with van der Waals surface area (Å²) in [5.74, 6) is -0.241. The first-order chi connectivity index (χ1) is 11.2. The van der Waals surface area contributed by atoms with Gasteiger partial charge in [-0.05, 0) is 18.9 Å². The van der Waals surface area contributed by atoms with Crippen LogP contribution in [0.2, 0.25) is 0 Å². The number of hydrogen-bond acceptors (Lipinski definition) is 4. The molecule has 1 atom stereocenters. The number of likely N-dealkylation sites (tertiary alicyclic amines) is 1. The fourth-order valence-electron chi connectivity index (χ4n) is 3.04. The molecular weight excluding hydrogens is 299 g/mol. The highest BCUT2D eigenvalue weighted by Gasteiger charge is 2.27. The summed E-state index contributed by atoms with van der Waals surface area (Å²) in [5.41, 5.74) is 0.725. The van der Waals surface area contributed by atoms with Crippen molar-refractivity contribution < 1.29 is 18.7 Å². The van der Waals surface area contributed by atoms with Crippen LogP contribution in [0.15, 0.2) is 24.3 Å². The Kier molecular flexibility index (Phi) is 5.59. The molecule has 2 heterocycles. The van der Waals surface area contributed by atoms with E-state index in [2.05, 4.69) is 10.2 Å². The van der Waals surface area contributed by atoms with Crippen molar-refractivity contribution in [2.45, 2.75) is 31.5 Å². The average Bonchev–Trinajstić information content (AvgIpc) is 2.59. The van der Waals surface area contributed by atoms with E-state index in [9.17, 15) is 9.18 Å². The first kappa shape index (κ1) is 16.4. The predicted molar refractivity (Wildman–Crippen MR) is 83.4 cm³/mol. The molecule has 1 aromatic rings. The van der Waals surface area contributed by atoms with Gasteiger partial charge in [-0.3, -0.25) is 9.69 Å². The molecule has 1 amide bonds. The van der Waals surface area contributed by atoms with E-state index in [4.69, 9.17) is 9.47 Å². The molecule has 2 fully saturated rings. The Hall–Kier alpha value is -1.50. The van der Waals surface area contributed by atoms with E-state index in [1.165, 1.54) is 6.07 Å². The third-order valence-electron chi connectivity index (χ3n) is 4.39. The molecule has 0 unspecified atom stereocenters. The zero-order valence-electron chi connectivity index (χ0n) is 13.2. The van der Waals surface area contributed by atoms with Crippen LogP contribution in [0.1, 0.15) is 18.4 Å². The minimum atomic E-state index is -0.486. The van der Waals surface area contributed by atoms with E-state index in [1.54, 1.807) is 6.07 Å². The molecule has 1 N–H and O–H groups in total. The van der Waals surface area contributed by atoms with E-state index in [0.717, 1.165) is 31.5 Å². The zero-order chi connectivity index (χ0) is 16.1. The zero-order valence-corrected chi connectivity index (χ0v) is 13.2. The Balaban J connectivity index is 1.43. The van der Waals surface area contributed by atoms with E-state index in [-0.39, 0.29) is 17.8 Å². The molecule has 0 bridgehead atoms. The van der Waals surface area contributed by atoms with Crippen molar-refractivity contribution >= 4 is 5.91 Å². The number of carbonyl (C=O) groups excluding carboxylic acids is 1. The molecule has 0 spiro atoms. The highest BCUT2D eigenvalue weighted by atomic mass is 19.1. The molecule has 0 radical (unpaired) electrons. The molecule has 0 saturated carbocycles. The molecule has 2 aliphatic rings. The van der Waals surface area contributed by atoms with Gasteiger partial charge in [0.25, 0.3) is 5.91 Å². The van der Waals surface area contributed by atoms with Crippen molar-refractivity contribution in [3.63, 3.8) is 0 Å². The van der Waals surface area contributed by atoms with Gasteiger partial charge in [0.2, 0.25) is 0 Å². The number of rotatable bonds is 4. The first-order valence-corrected chi connectivity index (χ1v) is 8.18. The maximum atomic E-state index is 13.7. The number of amides is 1. The van der Waals surface area contributed by atoms with Crippen molar-refractivity contribution in [3.8, 4) is 0 Å². The van der Waals surface area contributed by atoms with Gasteiger partial charge < -0.3 is 14.8 Å². The summed E-state index contributed by atoms with van der Waals surface area (Å²) in [7, 11) is 0. The number of hydrogen-bond donors (Lipinski definition) is 1. The lowest BCUT2D eigenvalue weighted by Crippen LogP contribution is -2.50. The minimum absolute atomic E-state index is 0.0859. The average molecular weight is 322 g/mol. The molecule has 0 aromatic heterocycles. The van der Waals surface area contributed by atoms with Crippen molar-refractivity contribution in [3.05, 3.63) is 35.6 Å². The molecule has 2 aliphatic heterocycles. The molecule has 0 aliphatic carbocycles. The maximum absolute atomic E-state index is 13.7. The second-order valence-electron chi connectivity index (χ2n) is 6.08. The summed E-state index contributed by atoms with van der Waals surface area (Å²) < 4.78 is 24.4. The normalized spacial score (nSPS) is 23.6. The smallest absolute Gasteiger partial charge is 0.251 e. The van der Waals surface area contributed by atoms with Crippen LogP contribution in [-0.2, 0) is 20.8 Å². The largest absolute Gasteiger partial charge is 0.376 e. The number of nitrogens with zero attached hydrogens (tertiary/aromatic N) is 1. The highest BCUT2D eigenvalue weighted by molar-refractivity contribution is 5.81. The van der Waals surface area contributed by atoms with Crippen LogP contribution in [0.4, 0.5) is 4.39 Å². The van der Waals surface area contributed by atoms with Crippen molar-refractivity contribution in [1.82, 2.24) is 10.2 Å². The first-order valence-electron chi connectivity index (χ1n) is 8.18. The lowest BCUT2D eigenvalue weighted by Gasteiger charge is -2.33. The van der Waals surface area contributed by atoms with Crippen LogP contribution in [-0.4, -0.2) is 55.9 Å². The minimum Gasteiger partial charge on any atom is -0.376 e. The van der Waals surface area contributed by atoms with Crippen LogP contribution < -0.4 is 5.32 Å². The Morgan fingerprint density at radius 2 is 2.04 bits per heavy atom. The highest BCUT2D eigenvalue weighted by Crippen LogP contribution is 2.16. The number of halogens is 1. The van der Waals surface area contributed by atoms with E-state index in [0.29, 0.717) is 26.4 Å². The number of carbonyl (C=O) groups is 1. The second kappa shape index (κ2) is 7.86. The Labute approximate surface area is 135 Å². The fraction of sp³-hybridized carbons (Fsp3) is 0.588. The van der Waals surface area contributed by atoms with Gasteiger partial charge in [-0.25, -0.2) is 4.39 Å². The van der Waals surface area contributed by atoms with Gasteiger partial charge >= 0.3 is 0 Å². The van der Waals surface area contributed by atoms with Crippen molar-refractivity contribution in [2.75, 3.05) is 32.9 Å². The lowest BCUT2D eigenvalue weighted by atomic mass is 10.0. The van der Waals surface area contributed by atoms with Gasteiger partial charge in [0.1, 0.15) is 5.82 Å². The molecule has 3 rings (SSSR count). The fourth-order valence-corrected chi connectivity index (χ4v) is 3.04. The van der Waals surface area contributed by atoms with Crippen LogP contribution in [0.3, 0.4) is 0 Å². The van der Waals surface area contributed by atoms with Gasteiger partial charge in [0.15, 0.2) is 6.10 Å². The quantitative estimate of drug-likeness (QED) is 0.908. The SMILES string of the molecule is O=C(NC1CCN(Cc2ccccc2F)CC1)[C@H]1COCCO1. The van der Waals surface area contributed by atoms with E-state index >= 15 is 0 Å². The van der Waals surface area contributed by atoms with Gasteiger partial charge in [-0.2, -0.15) is 0 Å². The lowest BCUT2D eigenvalue weighted by molar-refractivity contribution is -0.148. The van der Waals surface area contributed by atoms with Gasteiger partial charge in [-0.1, -0.05) is 18.2 Å². The van der Waals surface area contributed by atoms with Crippen LogP contribution in [0.25, 0.3) is 0 Å². The summed E-state index contributed by atoms with van der Waals surface area (Å²) in [6.45, 7) is 3.67. The van der Waals surface area contributed by atoms with E-state index in [1.807, 2.05) is 12.1 Å². The molecule has 1 aromatic carbocycles. The number of piperidine rings is 1. The monoisotopic (exact) mass is 322 g/mol. The number of ether oxygens (including phenoxy) is 2. The third kappa shape index (κ3) is 4.50. The summed E-state index contributed by atoms with van der Waals surface area (Å²) in [6, 6.07) is 7.04. The standard InChI is InChI=1S/C17H23FN2O3/c18-15-4-2-1-3-13(15)11-20-7-5-14(6-8-20)19-17(21)16-12-22-9-10-23-16/h1-4,14,16H,5-12H2,(H,19,21)/t16-/m1/s1. The number of nitrogens with one attached hydrogen (secondary N) is 1. The van der Waals surface area contributed by atoms with Crippen molar-refractivity contribution in [2.24, 2.45) is 0 Å². The Morgan fingerprint density at radius 3 is 2.74 bits per heavy atom. The molecule has 6 heteroatoms. The predicted octanol–water partition coefficient (Wildman–Crippen LogP) is 1.32. The Morgan fingerprint density at radius 1 is 1.26 bits per heavy atom. The topological polar surface area (TPSA) is 50.8 Å².